The van der Waals surface area contributed by atoms with Crippen molar-refractivity contribution < 1.29 is 28.4 Å². The van der Waals surface area contributed by atoms with Gasteiger partial charge >= 0.3 is 5.97 Å². The highest BCUT2D eigenvalue weighted by Gasteiger charge is 2.45. The topological polar surface area (TPSA) is 124 Å². The summed E-state index contributed by atoms with van der Waals surface area (Å²) in [5.41, 5.74) is 4.80. The number of likely N-dealkylation sites (tertiary alicyclic amines) is 1. The molecular weight excluding hydrogens is 636 g/mol. The molecular formula is C31H39BrN4O6S. The lowest BCUT2D eigenvalue weighted by Gasteiger charge is -2.29. The average Bonchev–Trinajstić information content (AvgIpc) is 3.72. The monoisotopic (exact) mass is 674 g/mol. The Labute approximate surface area is 264 Å². The van der Waals surface area contributed by atoms with E-state index in [1.54, 1.807) is 31.3 Å². The van der Waals surface area contributed by atoms with E-state index in [2.05, 4.69) is 31.4 Å². The molecule has 0 spiro atoms. The van der Waals surface area contributed by atoms with Gasteiger partial charge in [-0.15, -0.1) is 11.3 Å². The van der Waals surface area contributed by atoms with Crippen molar-refractivity contribution >= 4 is 45.1 Å². The van der Waals surface area contributed by atoms with E-state index in [0.29, 0.717) is 17.7 Å². The molecule has 2 aromatic heterocycles. The number of rotatable bonds is 12. The molecule has 232 valence electrons. The van der Waals surface area contributed by atoms with Crippen LogP contribution in [-0.4, -0.2) is 63.5 Å². The van der Waals surface area contributed by atoms with Crippen molar-refractivity contribution in [2.45, 2.75) is 72.1 Å². The molecule has 10 nitrogen and oxygen atoms in total. The zero-order chi connectivity index (χ0) is 31.3. The molecule has 2 amide bonds. The molecule has 1 N–H and O–H groups in total. The minimum absolute atomic E-state index is 0.108. The quantitative estimate of drug-likeness (QED) is 0.193. The SMILES string of the molecule is Cc1ncsc1-c1ccc([C@H](C)NC(=O)C2C[C@@H](OC(=O)C(C)C)CN2C(=O)[C@@H](c2cc(OCCBr)no2)C(C)C)cc1. The fourth-order valence-corrected chi connectivity index (χ4v) is 6.09. The first kappa shape index (κ1) is 32.7. The van der Waals surface area contributed by atoms with Crippen molar-refractivity contribution in [3.05, 3.63) is 52.9 Å². The van der Waals surface area contributed by atoms with E-state index in [4.69, 9.17) is 14.0 Å². The van der Waals surface area contributed by atoms with E-state index in [9.17, 15) is 14.4 Å². The van der Waals surface area contributed by atoms with Crippen LogP contribution in [0.5, 0.6) is 5.88 Å². The van der Waals surface area contributed by atoms with E-state index in [-0.39, 0.29) is 54.5 Å². The number of esters is 1. The Balaban J connectivity index is 1.53. The molecule has 0 aliphatic carbocycles. The van der Waals surface area contributed by atoms with E-state index in [1.807, 2.05) is 57.5 Å². The normalized spacial score (nSPS) is 18.1. The van der Waals surface area contributed by atoms with Crippen LogP contribution >= 0.6 is 27.3 Å². The highest BCUT2D eigenvalue weighted by atomic mass is 79.9. The van der Waals surface area contributed by atoms with Crippen molar-refractivity contribution in [1.29, 1.82) is 0 Å². The summed E-state index contributed by atoms with van der Waals surface area (Å²) in [6.45, 7) is 11.7. The first-order valence-electron chi connectivity index (χ1n) is 14.5. The average molecular weight is 676 g/mol. The van der Waals surface area contributed by atoms with Crippen molar-refractivity contribution in [1.82, 2.24) is 20.4 Å². The molecule has 43 heavy (non-hydrogen) atoms. The number of nitrogens with zero attached hydrogens (tertiary/aromatic N) is 3. The lowest BCUT2D eigenvalue weighted by molar-refractivity contribution is -0.153. The summed E-state index contributed by atoms with van der Waals surface area (Å²) in [6.07, 6.45) is -0.403. The maximum absolute atomic E-state index is 14.1. The maximum Gasteiger partial charge on any atom is 0.308 e. The van der Waals surface area contributed by atoms with Crippen LogP contribution in [0.15, 0.2) is 40.4 Å². The van der Waals surface area contributed by atoms with Gasteiger partial charge < -0.3 is 24.2 Å². The Bertz CT molecular complexity index is 1410. The first-order chi connectivity index (χ1) is 20.5. The number of hydrogen-bond acceptors (Lipinski definition) is 9. The van der Waals surface area contributed by atoms with Crippen LogP contribution in [0.3, 0.4) is 0 Å². The number of carbonyl (C=O) groups is 3. The summed E-state index contributed by atoms with van der Waals surface area (Å²) in [6, 6.07) is 8.48. The van der Waals surface area contributed by atoms with Crippen LogP contribution in [-0.2, 0) is 19.1 Å². The summed E-state index contributed by atoms with van der Waals surface area (Å²) in [7, 11) is 0. The molecule has 4 rings (SSSR count). The molecule has 1 aliphatic heterocycles. The molecule has 3 aromatic rings. The maximum atomic E-state index is 14.1. The molecule has 1 saturated heterocycles. The van der Waals surface area contributed by atoms with Crippen LogP contribution in [0.25, 0.3) is 10.4 Å². The van der Waals surface area contributed by atoms with Crippen molar-refractivity contribution in [3.63, 3.8) is 0 Å². The fourth-order valence-electron chi connectivity index (χ4n) is 5.11. The van der Waals surface area contributed by atoms with Crippen molar-refractivity contribution in [3.8, 4) is 16.3 Å². The Morgan fingerprint density at radius 3 is 2.49 bits per heavy atom. The number of aryl methyl sites for hydroxylation is 1. The van der Waals surface area contributed by atoms with Crippen molar-refractivity contribution in [2.24, 2.45) is 11.8 Å². The Morgan fingerprint density at radius 1 is 1.16 bits per heavy atom. The summed E-state index contributed by atoms with van der Waals surface area (Å²) in [5.74, 6) is -1.52. The number of halogens is 1. The number of amides is 2. The van der Waals surface area contributed by atoms with Crippen LogP contribution in [0, 0.1) is 18.8 Å². The van der Waals surface area contributed by atoms with Gasteiger partial charge in [-0.25, -0.2) is 4.98 Å². The lowest BCUT2D eigenvalue weighted by Crippen LogP contribution is -2.48. The third-order valence-electron chi connectivity index (χ3n) is 7.45. The van der Waals surface area contributed by atoms with Gasteiger partial charge in [0.05, 0.1) is 41.2 Å². The molecule has 1 fully saturated rings. The minimum atomic E-state index is -0.827. The van der Waals surface area contributed by atoms with Crippen LogP contribution in [0.4, 0.5) is 0 Å². The van der Waals surface area contributed by atoms with E-state index >= 15 is 0 Å². The summed E-state index contributed by atoms with van der Waals surface area (Å²) in [5, 5.41) is 7.65. The largest absolute Gasteiger partial charge is 0.475 e. The van der Waals surface area contributed by atoms with Gasteiger partial charge in [-0.05, 0) is 36.0 Å². The third kappa shape index (κ3) is 7.83. The van der Waals surface area contributed by atoms with Crippen LogP contribution < -0.4 is 10.1 Å². The molecule has 0 saturated carbocycles. The predicted octanol–water partition coefficient (Wildman–Crippen LogP) is 5.67. The van der Waals surface area contributed by atoms with Crippen LogP contribution in [0.2, 0.25) is 0 Å². The second-order valence-electron chi connectivity index (χ2n) is 11.4. The van der Waals surface area contributed by atoms with Gasteiger partial charge in [0, 0.05) is 17.8 Å². The zero-order valence-electron chi connectivity index (χ0n) is 25.3. The Kier molecular flexibility index (Phi) is 11.0. The fraction of sp³-hybridized carbons (Fsp3) is 0.516. The van der Waals surface area contributed by atoms with E-state index in [0.717, 1.165) is 21.7 Å². The lowest BCUT2D eigenvalue weighted by atomic mass is 9.91. The van der Waals surface area contributed by atoms with Crippen molar-refractivity contribution in [2.75, 3.05) is 18.5 Å². The van der Waals surface area contributed by atoms with E-state index < -0.39 is 18.1 Å². The van der Waals surface area contributed by atoms with Gasteiger partial charge in [0.1, 0.15) is 18.1 Å². The number of carbonyl (C=O) groups excluding carboxylic acids is 3. The molecule has 0 radical (unpaired) electrons. The first-order valence-corrected chi connectivity index (χ1v) is 16.5. The van der Waals surface area contributed by atoms with Crippen LogP contribution in [0.1, 0.15) is 70.0 Å². The predicted molar refractivity (Wildman–Crippen MR) is 167 cm³/mol. The van der Waals surface area contributed by atoms with Gasteiger partial charge in [0.15, 0.2) is 5.76 Å². The number of thiazole rings is 1. The van der Waals surface area contributed by atoms with E-state index in [1.165, 1.54) is 4.90 Å². The number of hydrogen-bond donors (Lipinski definition) is 1. The number of ether oxygens (including phenoxy) is 2. The second kappa shape index (κ2) is 14.5. The molecule has 0 bridgehead atoms. The highest BCUT2D eigenvalue weighted by Crippen LogP contribution is 2.34. The van der Waals surface area contributed by atoms with Gasteiger partial charge in [0.2, 0.25) is 11.8 Å². The summed E-state index contributed by atoms with van der Waals surface area (Å²) < 4.78 is 16.8. The summed E-state index contributed by atoms with van der Waals surface area (Å²) >= 11 is 4.90. The molecule has 3 heterocycles. The van der Waals surface area contributed by atoms with Gasteiger partial charge in [-0.3, -0.25) is 14.4 Å². The smallest absolute Gasteiger partial charge is 0.308 e. The molecule has 4 atom stereocenters. The van der Waals surface area contributed by atoms with Gasteiger partial charge in [-0.2, -0.15) is 0 Å². The minimum Gasteiger partial charge on any atom is -0.475 e. The second-order valence-corrected chi connectivity index (χ2v) is 13.0. The Morgan fingerprint density at radius 2 is 1.88 bits per heavy atom. The van der Waals surface area contributed by atoms with Gasteiger partial charge in [-0.1, -0.05) is 67.9 Å². The molecule has 1 aromatic carbocycles. The summed E-state index contributed by atoms with van der Waals surface area (Å²) in [4.78, 5) is 47.2. The number of aromatic nitrogens is 2. The highest BCUT2D eigenvalue weighted by molar-refractivity contribution is 9.09. The Hall–Kier alpha value is -3.25. The van der Waals surface area contributed by atoms with Gasteiger partial charge in [0.25, 0.3) is 5.88 Å². The number of alkyl halides is 1. The standard InChI is InChI=1S/C31H39BrN4O6S/c1-17(2)27(25-14-26(35-42-25)40-12-11-32)30(38)36-15-23(41-31(39)18(3)4)13-24(36)29(37)34-19(5)21-7-9-22(10-8-21)28-20(6)33-16-43-28/h7-10,14,16-19,23-24,27H,11-13,15H2,1-6H3,(H,34,37)/t19-,23+,24?,27+/m0/s1. The number of nitrogens with one attached hydrogen (secondary N) is 1. The molecule has 12 heteroatoms. The molecule has 1 aliphatic rings. The molecule has 1 unspecified atom stereocenters. The third-order valence-corrected chi connectivity index (χ3v) is 8.75. The zero-order valence-corrected chi connectivity index (χ0v) is 27.7. The number of benzene rings is 1.